The maximum atomic E-state index is 12.7. The monoisotopic (exact) mass is 299 g/mol. The van der Waals surface area contributed by atoms with Gasteiger partial charge in [-0.25, -0.2) is 0 Å². The number of halogens is 2. The van der Waals surface area contributed by atoms with E-state index in [0.717, 1.165) is 11.3 Å². The molecule has 0 spiro atoms. The van der Waals surface area contributed by atoms with Gasteiger partial charge in [-0.05, 0) is 45.7 Å². The fourth-order valence-corrected chi connectivity index (χ4v) is 3.16. The van der Waals surface area contributed by atoms with Gasteiger partial charge in [0.1, 0.15) is 4.33 Å². The highest BCUT2D eigenvalue weighted by atomic mass is 35.5. The lowest BCUT2D eigenvalue weighted by molar-refractivity contribution is -0.123. The molecule has 0 heterocycles. The number of anilines is 1. The van der Waals surface area contributed by atoms with Crippen molar-refractivity contribution in [3.63, 3.8) is 0 Å². The van der Waals surface area contributed by atoms with E-state index in [4.69, 9.17) is 23.2 Å². The van der Waals surface area contributed by atoms with Crippen LogP contribution in [0, 0.1) is 19.3 Å². The molecule has 0 aromatic heterocycles. The van der Waals surface area contributed by atoms with Crippen LogP contribution in [0.3, 0.4) is 0 Å². The standard InChI is InChI=1S/C15H19Cl2NO/c1-5-18(12-7-6-10(2)8-11(12)3)13(19)14(4)9-15(14,16)17/h6-8H,5,9H2,1-4H3. The van der Waals surface area contributed by atoms with Crippen molar-refractivity contribution in [3.05, 3.63) is 29.3 Å². The summed E-state index contributed by atoms with van der Waals surface area (Å²) in [6.07, 6.45) is 0.517. The number of carbonyl (C=O) groups is 1. The minimum atomic E-state index is -0.921. The van der Waals surface area contributed by atoms with Gasteiger partial charge < -0.3 is 4.90 Å². The molecule has 0 radical (unpaired) electrons. The van der Waals surface area contributed by atoms with Crippen LogP contribution >= 0.6 is 23.2 Å². The Balaban J connectivity index is 2.33. The second-order valence-corrected chi connectivity index (χ2v) is 7.04. The smallest absolute Gasteiger partial charge is 0.236 e. The van der Waals surface area contributed by atoms with Crippen molar-refractivity contribution < 1.29 is 4.79 Å². The molecule has 0 N–H and O–H groups in total. The number of carbonyl (C=O) groups excluding carboxylic acids is 1. The summed E-state index contributed by atoms with van der Waals surface area (Å²) in [4.78, 5) is 14.4. The molecule has 2 rings (SSSR count). The average Bonchev–Trinajstić information content (AvgIpc) is 2.83. The minimum absolute atomic E-state index is 0.00644. The summed E-state index contributed by atoms with van der Waals surface area (Å²) in [5.41, 5.74) is 2.56. The second kappa shape index (κ2) is 4.68. The van der Waals surface area contributed by atoms with Crippen LogP contribution in [0.25, 0.3) is 0 Å². The topological polar surface area (TPSA) is 20.3 Å². The molecule has 104 valence electrons. The first-order chi connectivity index (χ1) is 8.73. The van der Waals surface area contributed by atoms with Gasteiger partial charge in [-0.1, -0.05) is 17.7 Å². The lowest BCUT2D eigenvalue weighted by Crippen LogP contribution is -2.38. The highest BCUT2D eigenvalue weighted by Gasteiger charge is 2.68. The van der Waals surface area contributed by atoms with Gasteiger partial charge in [0, 0.05) is 12.2 Å². The fourth-order valence-electron chi connectivity index (χ4n) is 2.46. The summed E-state index contributed by atoms with van der Waals surface area (Å²) < 4.78 is -0.921. The molecule has 1 aliphatic carbocycles. The van der Waals surface area contributed by atoms with Crippen molar-refractivity contribution in [2.45, 2.75) is 38.4 Å². The van der Waals surface area contributed by atoms with Crippen LogP contribution in [0.4, 0.5) is 5.69 Å². The van der Waals surface area contributed by atoms with E-state index in [2.05, 4.69) is 6.07 Å². The summed E-state index contributed by atoms with van der Waals surface area (Å²) in [6, 6.07) is 6.08. The van der Waals surface area contributed by atoms with Gasteiger partial charge in [0.15, 0.2) is 0 Å². The van der Waals surface area contributed by atoms with E-state index < -0.39 is 9.75 Å². The largest absolute Gasteiger partial charge is 0.312 e. The van der Waals surface area contributed by atoms with Crippen molar-refractivity contribution >= 4 is 34.8 Å². The molecule has 1 amide bonds. The van der Waals surface area contributed by atoms with Crippen molar-refractivity contribution in [2.24, 2.45) is 5.41 Å². The van der Waals surface area contributed by atoms with E-state index in [9.17, 15) is 4.79 Å². The maximum Gasteiger partial charge on any atom is 0.236 e. The third-order valence-electron chi connectivity index (χ3n) is 3.93. The molecule has 1 aliphatic rings. The van der Waals surface area contributed by atoms with E-state index in [1.165, 1.54) is 5.56 Å². The summed E-state index contributed by atoms with van der Waals surface area (Å²) in [5.74, 6) is 0.00644. The number of hydrogen-bond acceptors (Lipinski definition) is 1. The second-order valence-electron chi connectivity index (χ2n) is 5.55. The molecule has 1 unspecified atom stereocenters. The number of nitrogens with zero attached hydrogens (tertiary/aromatic N) is 1. The first-order valence-corrected chi connectivity index (χ1v) is 7.25. The Labute approximate surface area is 124 Å². The molecular formula is C15H19Cl2NO. The van der Waals surface area contributed by atoms with Crippen LogP contribution in [0.15, 0.2) is 18.2 Å². The van der Waals surface area contributed by atoms with Gasteiger partial charge in [0.05, 0.1) is 5.41 Å². The quantitative estimate of drug-likeness (QED) is 0.765. The Morgan fingerprint density at radius 2 is 1.95 bits per heavy atom. The third kappa shape index (κ3) is 2.36. The molecular weight excluding hydrogens is 281 g/mol. The molecule has 0 bridgehead atoms. The predicted molar refractivity (Wildman–Crippen MR) is 81.1 cm³/mol. The number of amides is 1. The lowest BCUT2D eigenvalue weighted by atomic mass is 10.1. The molecule has 0 saturated heterocycles. The lowest BCUT2D eigenvalue weighted by Gasteiger charge is -2.27. The van der Waals surface area contributed by atoms with Gasteiger partial charge in [-0.15, -0.1) is 23.2 Å². The van der Waals surface area contributed by atoms with Gasteiger partial charge in [0.25, 0.3) is 0 Å². The Kier molecular flexibility index (Phi) is 3.61. The van der Waals surface area contributed by atoms with E-state index >= 15 is 0 Å². The summed E-state index contributed by atoms with van der Waals surface area (Å²) in [5, 5.41) is 0. The first kappa shape index (κ1) is 14.7. The summed E-state index contributed by atoms with van der Waals surface area (Å²) in [7, 11) is 0. The van der Waals surface area contributed by atoms with Crippen LogP contribution in [0.5, 0.6) is 0 Å². The van der Waals surface area contributed by atoms with Crippen molar-refractivity contribution in [2.75, 3.05) is 11.4 Å². The zero-order valence-corrected chi connectivity index (χ0v) is 13.3. The fraction of sp³-hybridized carbons (Fsp3) is 0.533. The Morgan fingerprint density at radius 3 is 2.37 bits per heavy atom. The minimum Gasteiger partial charge on any atom is -0.312 e. The van der Waals surface area contributed by atoms with Gasteiger partial charge in [-0.3, -0.25) is 4.79 Å². The SMILES string of the molecule is CCN(C(=O)C1(C)CC1(Cl)Cl)c1ccc(C)cc1C. The zero-order valence-electron chi connectivity index (χ0n) is 11.8. The predicted octanol–water partition coefficient (Wildman–Crippen LogP) is 4.24. The normalized spacial score (nSPS) is 24.1. The Morgan fingerprint density at radius 1 is 1.37 bits per heavy atom. The Bertz CT molecular complexity index is 527. The molecule has 1 aromatic carbocycles. The number of alkyl halides is 2. The number of hydrogen-bond donors (Lipinski definition) is 0. The van der Waals surface area contributed by atoms with E-state index in [0.29, 0.717) is 13.0 Å². The van der Waals surface area contributed by atoms with Crippen LogP contribution in [0.2, 0.25) is 0 Å². The van der Waals surface area contributed by atoms with E-state index in [1.54, 1.807) is 4.90 Å². The van der Waals surface area contributed by atoms with Crippen LogP contribution in [-0.2, 0) is 4.79 Å². The Hall–Kier alpha value is -0.730. The summed E-state index contributed by atoms with van der Waals surface area (Å²) in [6.45, 7) is 8.47. The van der Waals surface area contributed by atoms with Crippen molar-refractivity contribution in [3.8, 4) is 0 Å². The van der Waals surface area contributed by atoms with Crippen molar-refractivity contribution in [1.29, 1.82) is 0 Å². The number of benzene rings is 1. The molecule has 1 atom stereocenters. The van der Waals surface area contributed by atoms with Gasteiger partial charge >= 0.3 is 0 Å². The van der Waals surface area contributed by atoms with Crippen LogP contribution in [0.1, 0.15) is 31.4 Å². The molecule has 0 aliphatic heterocycles. The van der Waals surface area contributed by atoms with E-state index in [1.807, 2.05) is 39.8 Å². The zero-order chi connectivity index (χ0) is 14.4. The van der Waals surface area contributed by atoms with Crippen LogP contribution < -0.4 is 4.90 Å². The van der Waals surface area contributed by atoms with Crippen molar-refractivity contribution in [1.82, 2.24) is 0 Å². The molecule has 1 saturated carbocycles. The maximum absolute atomic E-state index is 12.7. The average molecular weight is 300 g/mol. The van der Waals surface area contributed by atoms with Gasteiger partial charge in [-0.2, -0.15) is 0 Å². The highest BCUT2D eigenvalue weighted by molar-refractivity contribution is 6.53. The molecule has 2 nitrogen and oxygen atoms in total. The third-order valence-corrected chi connectivity index (χ3v) is 5.04. The number of rotatable bonds is 3. The molecule has 19 heavy (non-hydrogen) atoms. The molecule has 1 fully saturated rings. The number of aryl methyl sites for hydroxylation is 2. The highest BCUT2D eigenvalue weighted by Crippen LogP contribution is 2.64. The van der Waals surface area contributed by atoms with Gasteiger partial charge in [0.2, 0.25) is 5.91 Å². The molecule has 4 heteroatoms. The van der Waals surface area contributed by atoms with E-state index in [-0.39, 0.29) is 5.91 Å². The van der Waals surface area contributed by atoms with Crippen LogP contribution in [-0.4, -0.2) is 16.8 Å². The first-order valence-electron chi connectivity index (χ1n) is 6.50. The molecule has 1 aromatic rings. The summed E-state index contributed by atoms with van der Waals surface area (Å²) >= 11 is 12.2.